The van der Waals surface area contributed by atoms with Crippen molar-refractivity contribution in [2.24, 2.45) is 5.73 Å². The quantitative estimate of drug-likeness (QED) is 0.777. The van der Waals surface area contributed by atoms with Crippen molar-refractivity contribution >= 4 is 11.7 Å². The second-order valence-corrected chi connectivity index (χ2v) is 6.34. The molecule has 0 spiro atoms. The highest BCUT2D eigenvalue weighted by molar-refractivity contribution is 5.97. The molecule has 0 saturated carbocycles. The van der Waals surface area contributed by atoms with E-state index >= 15 is 0 Å². The van der Waals surface area contributed by atoms with Crippen LogP contribution in [0.5, 0.6) is 5.75 Å². The van der Waals surface area contributed by atoms with Gasteiger partial charge in [-0.25, -0.2) is 0 Å². The van der Waals surface area contributed by atoms with E-state index in [9.17, 15) is 14.7 Å². The number of hydrogen-bond acceptors (Lipinski definition) is 5. The number of nitrogen functional groups attached to an aromatic ring is 1. The van der Waals surface area contributed by atoms with Gasteiger partial charge in [-0.05, 0) is 38.0 Å². The zero-order valence-electron chi connectivity index (χ0n) is 14.2. The van der Waals surface area contributed by atoms with Gasteiger partial charge in [0.1, 0.15) is 11.6 Å². The molecule has 1 aromatic heterocycles. The Hall–Kier alpha value is -2.80. The summed E-state index contributed by atoms with van der Waals surface area (Å²) in [4.78, 5) is 25.0. The molecule has 1 fully saturated rings. The number of ether oxygens (including phenoxy) is 1. The van der Waals surface area contributed by atoms with Crippen molar-refractivity contribution in [3.63, 3.8) is 0 Å². The smallest absolute Gasteiger partial charge is 0.260 e. The van der Waals surface area contributed by atoms with Crippen LogP contribution < -0.4 is 17.0 Å². The van der Waals surface area contributed by atoms with Crippen molar-refractivity contribution in [1.29, 1.82) is 0 Å². The molecule has 7 nitrogen and oxygen atoms in total. The van der Waals surface area contributed by atoms with Crippen molar-refractivity contribution in [2.45, 2.75) is 26.2 Å². The molecule has 1 aliphatic heterocycles. The topological polar surface area (TPSA) is 121 Å². The minimum Gasteiger partial charge on any atom is -0.508 e. The van der Waals surface area contributed by atoms with Crippen LogP contribution in [0.1, 0.15) is 39.4 Å². The summed E-state index contributed by atoms with van der Waals surface area (Å²) in [7, 11) is 0. The normalized spacial score (nSPS) is 17.0. The summed E-state index contributed by atoms with van der Waals surface area (Å²) in [6, 6.07) is 4.72. The number of carbonyl (C=O) groups is 1. The summed E-state index contributed by atoms with van der Waals surface area (Å²) >= 11 is 0. The van der Waals surface area contributed by atoms with Gasteiger partial charge >= 0.3 is 0 Å². The summed E-state index contributed by atoms with van der Waals surface area (Å²) in [6.45, 7) is 4.47. The van der Waals surface area contributed by atoms with E-state index in [1.54, 1.807) is 19.1 Å². The first kappa shape index (κ1) is 17.0. The van der Waals surface area contributed by atoms with Crippen LogP contribution in [0.3, 0.4) is 0 Å². The number of nitrogens with zero attached hydrogens (tertiary/aromatic N) is 1. The van der Waals surface area contributed by atoms with Crippen LogP contribution in [-0.2, 0) is 4.74 Å². The summed E-state index contributed by atoms with van der Waals surface area (Å²) in [5.74, 6) is -0.809. The van der Waals surface area contributed by atoms with Crippen molar-refractivity contribution in [3.8, 4) is 11.4 Å². The van der Waals surface area contributed by atoms with Gasteiger partial charge in [-0.3, -0.25) is 14.2 Å². The number of carbonyl (C=O) groups excluding carboxylic acids is 1. The molecule has 1 aromatic carbocycles. The van der Waals surface area contributed by atoms with Gasteiger partial charge < -0.3 is 21.3 Å². The summed E-state index contributed by atoms with van der Waals surface area (Å²) in [5, 5.41) is 10.1. The molecular formula is C18H21N3O4. The Morgan fingerprint density at radius 2 is 2.08 bits per heavy atom. The molecule has 7 heteroatoms. The lowest BCUT2D eigenvalue weighted by Gasteiger charge is -2.20. The van der Waals surface area contributed by atoms with Crippen LogP contribution in [0.15, 0.2) is 23.0 Å². The monoisotopic (exact) mass is 343 g/mol. The second kappa shape index (κ2) is 6.25. The molecule has 0 radical (unpaired) electrons. The standard InChI is InChI=1S/C18H21N3O4/c1-9-3-4-14(22)10(2)15(9)21-16(19)13(17(20)23)7-12(18(21)24)11-5-6-25-8-11/h3-4,7,11,22H,5-6,8,19H2,1-2H3,(H2,20,23)/t11-/m1/s1. The third-order valence-electron chi connectivity index (χ3n) is 4.73. The minimum atomic E-state index is -0.707. The molecule has 25 heavy (non-hydrogen) atoms. The fourth-order valence-corrected chi connectivity index (χ4v) is 3.31. The zero-order valence-corrected chi connectivity index (χ0v) is 14.2. The maximum absolute atomic E-state index is 13.2. The number of pyridine rings is 1. The number of rotatable bonds is 3. The average molecular weight is 343 g/mol. The maximum Gasteiger partial charge on any atom is 0.260 e. The van der Waals surface area contributed by atoms with Crippen LogP contribution in [0.2, 0.25) is 0 Å². The predicted molar refractivity (Wildman–Crippen MR) is 94.3 cm³/mol. The van der Waals surface area contributed by atoms with Crippen LogP contribution in [0.4, 0.5) is 5.82 Å². The number of amides is 1. The van der Waals surface area contributed by atoms with Gasteiger partial charge in [-0.2, -0.15) is 0 Å². The number of nitrogens with two attached hydrogens (primary N) is 2. The predicted octanol–water partition coefficient (Wildman–Crippen LogP) is 1.34. The molecule has 0 unspecified atom stereocenters. The zero-order chi connectivity index (χ0) is 18.3. The first-order valence-electron chi connectivity index (χ1n) is 8.05. The van der Waals surface area contributed by atoms with Gasteiger partial charge in [-0.1, -0.05) is 6.07 Å². The van der Waals surface area contributed by atoms with Gasteiger partial charge in [0.2, 0.25) is 0 Å². The van der Waals surface area contributed by atoms with E-state index in [0.717, 1.165) is 5.56 Å². The van der Waals surface area contributed by atoms with Gasteiger partial charge in [0.25, 0.3) is 11.5 Å². The first-order chi connectivity index (χ1) is 11.8. The van der Waals surface area contributed by atoms with Crippen LogP contribution >= 0.6 is 0 Å². The van der Waals surface area contributed by atoms with Crippen molar-refractivity contribution in [3.05, 3.63) is 50.8 Å². The highest BCUT2D eigenvalue weighted by Crippen LogP contribution is 2.30. The van der Waals surface area contributed by atoms with E-state index < -0.39 is 5.91 Å². The van der Waals surface area contributed by atoms with E-state index in [4.69, 9.17) is 16.2 Å². The number of phenolic OH excluding ortho intramolecular Hbond substituents is 1. The maximum atomic E-state index is 13.2. The third kappa shape index (κ3) is 2.76. The number of phenols is 1. The van der Waals surface area contributed by atoms with E-state index in [1.807, 2.05) is 6.92 Å². The Labute approximate surface area is 144 Å². The lowest BCUT2D eigenvalue weighted by atomic mass is 9.97. The molecule has 1 aliphatic rings. The number of aromatic nitrogens is 1. The molecule has 1 atom stereocenters. The highest BCUT2D eigenvalue weighted by atomic mass is 16.5. The Bertz CT molecular complexity index is 912. The molecule has 2 aromatic rings. The lowest BCUT2D eigenvalue weighted by molar-refractivity contribution is 0.100. The lowest BCUT2D eigenvalue weighted by Crippen LogP contribution is -2.31. The average Bonchev–Trinajstić information content (AvgIpc) is 3.08. The van der Waals surface area contributed by atoms with Gasteiger partial charge in [-0.15, -0.1) is 0 Å². The Morgan fingerprint density at radius 1 is 1.36 bits per heavy atom. The molecule has 1 amide bonds. The number of aryl methyl sites for hydroxylation is 1. The van der Waals surface area contributed by atoms with Crippen LogP contribution in [-0.4, -0.2) is 28.8 Å². The Kier molecular flexibility index (Phi) is 4.26. The molecule has 2 heterocycles. The fraction of sp³-hybridized carbons (Fsp3) is 0.333. The molecule has 132 valence electrons. The molecule has 5 N–H and O–H groups in total. The molecule has 0 bridgehead atoms. The number of primary amides is 1. The number of anilines is 1. The first-order valence-corrected chi connectivity index (χ1v) is 8.05. The van der Waals surface area contributed by atoms with Crippen molar-refractivity contribution < 1.29 is 14.6 Å². The van der Waals surface area contributed by atoms with E-state index in [1.165, 1.54) is 10.6 Å². The van der Waals surface area contributed by atoms with E-state index in [2.05, 4.69) is 0 Å². The number of aromatic hydroxyl groups is 1. The fourth-order valence-electron chi connectivity index (χ4n) is 3.31. The Morgan fingerprint density at radius 3 is 2.68 bits per heavy atom. The Balaban J connectivity index is 2.38. The number of hydrogen-bond donors (Lipinski definition) is 3. The largest absolute Gasteiger partial charge is 0.508 e. The van der Waals surface area contributed by atoms with Gasteiger partial charge in [0.15, 0.2) is 0 Å². The summed E-state index contributed by atoms with van der Waals surface area (Å²) in [6.07, 6.45) is 0.690. The molecule has 1 saturated heterocycles. The van der Waals surface area contributed by atoms with Crippen LogP contribution in [0.25, 0.3) is 5.69 Å². The SMILES string of the molecule is Cc1ccc(O)c(C)c1-n1c(N)c(C(N)=O)cc([C@@H]2CCOC2)c1=O. The van der Waals surface area contributed by atoms with Gasteiger partial charge in [0.05, 0.1) is 17.9 Å². The van der Waals surface area contributed by atoms with E-state index in [0.29, 0.717) is 36.4 Å². The van der Waals surface area contributed by atoms with Crippen molar-refractivity contribution in [2.75, 3.05) is 18.9 Å². The minimum absolute atomic E-state index is 0.0306. The highest BCUT2D eigenvalue weighted by Gasteiger charge is 2.26. The second-order valence-electron chi connectivity index (χ2n) is 6.34. The van der Waals surface area contributed by atoms with Crippen LogP contribution in [0, 0.1) is 13.8 Å². The third-order valence-corrected chi connectivity index (χ3v) is 4.73. The summed E-state index contributed by atoms with van der Waals surface area (Å²) < 4.78 is 6.65. The van der Waals surface area contributed by atoms with E-state index in [-0.39, 0.29) is 28.6 Å². The van der Waals surface area contributed by atoms with Crippen molar-refractivity contribution in [1.82, 2.24) is 4.57 Å². The number of benzene rings is 1. The molecule has 0 aliphatic carbocycles. The van der Waals surface area contributed by atoms with Gasteiger partial charge in [0, 0.05) is 23.7 Å². The molecular weight excluding hydrogens is 322 g/mol. The summed E-state index contributed by atoms with van der Waals surface area (Å²) in [5.41, 5.74) is 13.5. The molecule has 3 rings (SSSR count).